The Morgan fingerprint density at radius 2 is 1.27 bits per heavy atom. The minimum Gasteiger partial charge on any atom is -1.00 e. The zero-order valence-electron chi connectivity index (χ0n) is 33.1. The van der Waals surface area contributed by atoms with Crippen LogP contribution in [0.25, 0.3) is 0 Å². The molecule has 0 atom stereocenters. The van der Waals surface area contributed by atoms with Crippen molar-refractivity contribution in [2.75, 3.05) is 11.6 Å². The van der Waals surface area contributed by atoms with Gasteiger partial charge in [0.1, 0.15) is 18.4 Å². The van der Waals surface area contributed by atoms with E-state index >= 15 is 0 Å². The van der Waals surface area contributed by atoms with Crippen molar-refractivity contribution in [3.05, 3.63) is 85.1 Å². The fraction of sp³-hybridized carbons (Fsp3) is 0.385. The number of aliphatic hydroxyl groups is 2. The molecule has 2 aliphatic heterocycles. The van der Waals surface area contributed by atoms with E-state index in [2.05, 4.69) is 30.5 Å². The molecule has 3 aliphatic carbocycles. The molecule has 62 heavy (non-hydrogen) atoms. The van der Waals surface area contributed by atoms with Gasteiger partial charge in [0.25, 0.3) is 5.91 Å². The first-order valence-electron chi connectivity index (χ1n) is 17.9. The molecule has 0 unspecified atom stereocenters. The number of dihydropyridines is 1. The maximum atomic E-state index is 12.2. The van der Waals surface area contributed by atoms with Crippen LogP contribution >= 0.6 is 69.6 Å². The van der Waals surface area contributed by atoms with Gasteiger partial charge in [-0.3, -0.25) is 19.2 Å². The van der Waals surface area contributed by atoms with Gasteiger partial charge in [0.05, 0.1) is 33.4 Å². The number of nitrogens with zero attached hydrogens (tertiary/aromatic N) is 8. The van der Waals surface area contributed by atoms with Crippen molar-refractivity contribution < 1.29 is 51.1 Å². The van der Waals surface area contributed by atoms with Crippen molar-refractivity contribution in [1.29, 1.82) is 5.26 Å². The number of anilines is 1. The summed E-state index contributed by atoms with van der Waals surface area (Å²) in [6.07, 6.45) is 4.48. The van der Waals surface area contributed by atoms with E-state index in [1.165, 1.54) is 18.2 Å². The van der Waals surface area contributed by atoms with Crippen molar-refractivity contribution in [1.82, 2.24) is 20.4 Å². The van der Waals surface area contributed by atoms with Gasteiger partial charge in [-0.15, -0.1) is 20.4 Å². The molecule has 8 rings (SSSR count). The smallest absolute Gasteiger partial charge is 1.00 e. The van der Waals surface area contributed by atoms with E-state index in [0.717, 1.165) is 16.1 Å². The van der Waals surface area contributed by atoms with E-state index in [0.29, 0.717) is 64.7 Å². The number of amides is 1. The quantitative estimate of drug-likeness (QED) is 0.207. The molecule has 1 aromatic carbocycles. The number of ketones is 3. The number of carbonyl (C=O) groups excluding carboxylic acids is 4. The van der Waals surface area contributed by atoms with E-state index in [1.807, 2.05) is 6.92 Å². The number of ether oxygens (including phenoxy) is 1. The molecule has 0 saturated heterocycles. The first kappa shape index (κ1) is 53.5. The van der Waals surface area contributed by atoms with Crippen LogP contribution in [0.3, 0.4) is 0 Å². The predicted molar refractivity (Wildman–Crippen MR) is 232 cm³/mol. The number of aliphatic imine (C=N–C) groups is 1. The first-order valence-corrected chi connectivity index (χ1v) is 20.1. The standard InChI is InChI=1S/C21H16Cl2N4O5.C9H10Cl2N2O.C8H6Cl2N2O.CH3.BrH.Mg/c1-21(31)6-10(7-21)12-4-18(25-9-17(12)29)32-20-13(22)2-11(3-14(20)23)27-19(30)5-16(28)15(8-24)26-27;1-9(14)3-5(4-9)6-2-7(10)12-13-8(6)11;9-7-3-6(8(10)12-11-7)4-1-5(13)2-4;;;/h2-4,10,31H,5-7,9H2,1H3;2,5,14H,3-4H2,1H3;3-4H,1-2H2;1H3;1H;/q;;;-1;;+2/p-1. The molecule has 0 radical (unpaired) electrons. The third-order valence-corrected chi connectivity index (χ3v) is 11.6. The maximum absolute atomic E-state index is 12.2. The van der Waals surface area contributed by atoms with E-state index in [-0.39, 0.29) is 111 Å². The van der Waals surface area contributed by atoms with Gasteiger partial charge >= 0.3 is 23.1 Å². The molecule has 3 saturated carbocycles. The summed E-state index contributed by atoms with van der Waals surface area (Å²) < 4.78 is 5.74. The SMILES string of the molecule is CC1(O)CC(C2=CC(Oc3c(Cl)cc(N4N=C(C#N)C(=O)CC4=O)cc3Cl)=NCC2=O)C1.CC1(O)CC(c2cc(Cl)nnc2Cl)C1.O=C1CC(c2cc(Cl)nnc2Cl)C1.[Br-].[CH3-].[Mg+2]. The minimum absolute atomic E-state index is 0. The second-order valence-corrected chi connectivity index (χ2v) is 17.4. The Hall–Kier alpha value is -2.86. The van der Waals surface area contributed by atoms with Gasteiger partial charge < -0.3 is 39.4 Å². The molecule has 2 N–H and O–H groups in total. The average molecular weight is 1040 g/mol. The molecule has 23 heteroatoms. The summed E-state index contributed by atoms with van der Waals surface area (Å²) in [6.45, 7) is 3.44. The maximum Gasteiger partial charge on any atom is 2.00 e. The number of hydrogen-bond acceptors (Lipinski definition) is 14. The van der Waals surface area contributed by atoms with Crippen molar-refractivity contribution in [2.45, 2.75) is 81.8 Å². The third kappa shape index (κ3) is 12.9. The van der Waals surface area contributed by atoms with Crippen LogP contribution in [0, 0.1) is 24.7 Å². The molecule has 324 valence electrons. The van der Waals surface area contributed by atoms with Crippen molar-refractivity contribution in [3.63, 3.8) is 0 Å². The Labute approximate surface area is 413 Å². The molecular formula is C39H35BrCl6MgN8O7. The summed E-state index contributed by atoms with van der Waals surface area (Å²) >= 11 is 35.7. The van der Waals surface area contributed by atoms with Crippen molar-refractivity contribution in [2.24, 2.45) is 16.0 Å². The summed E-state index contributed by atoms with van der Waals surface area (Å²) in [5, 5.41) is 49.3. The molecule has 2 aromatic heterocycles. The fourth-order valence-corrected chi connectivity index (χ4v) is 8.39. The van der Waals surface area contributed by atoms with Crippen molar-refractivity contribution in [3.8, 4) is 11.8 Å². The number of rotatable bonds is 5. The van der Waals surface area contributed by atoms with Crippen LogP contribution in [0.15, 0.2) is 46.0 Å². The number of benzene rings is 1. The summed E-state index contributed by atoms with van der Waals surface area (Å²) in [7, 11) is 0. The van der Waals surface area contributed by atoms with Gasteiger partial charge in [0.15, 0.2) is 32.1 Å². The molecule has 1 amide bonds. The number of aromatic nitrogens is 4. The van der Waals surface area contributed by atoms with Crippen LogP contribution in [-0.2, 0) is 19.2 Å². The van der Waals surface area contributed by atoms with Crippen LogP contribution in [-0.4, -0.2) is 106 Å². The van der Waals surface area contributed by atoms with Gasteiger partial charge in [0, 0.05) is 30.4 Å². The summed E-state index contributed by atoms with van der Waals surface area (Å²) in [4.78, 5) is 50.9. The number of carbonyl (C=O) groups is 4. The Morgan fingerprint density at radius 1 is 0.774 bits per heavy atom. The Bertz CT molecular complexity index is 2370. The van der Waals surface area contributed by atoms with Crippen LogP contribution in [0.5, 0.6) is 5.75 Å². The Balaban J connectivity index is 0.000000282. The van der Waals surface area contributed by atoms with Crippen LogP contribution in [0.1, 0.15) is 81.8 Å². The number of halogens is 7. The predicted octanol–water partition coefficient (Wildman–Crippen LogP) is 4.34. The molecule has 0 bridgehead atoms. The number of Topliss-reactive ketones (excluding diaryl/α,β-unsaturated/α-hetero) is 3. The fourth-order valence-electron chi connectivity index (χ4n) is 7.03. The third-order valence-electron chi connectivity index (χ3n) is 10.0. The van der Waals surface area contributed by atoms with Gasteiger partial charge in [-0.25, -0.2) is 4.99 Å². The van der Waals surface area contributed by atoms with E-state index in [1.54, 1.807) is 25.1 Å². The Kier molecular flexibility index (Phi) is 18.9. The molecule has 0 spiro atoms. The summed E-state index contributed by atoms with van der Waals surface area (Å²) in [5.74, 6) is -0.582. The number of hydrogen-bond donors (Lipinski definition) is 2. The largest absolute Gasteiger partial charge is 2.00 e. The normalized spacial score (nSPS) is 23.8. The van der Waals surface area contributed by atoms with E-state index in [4.69, 9.17) is 79.6 Å². The Morgan fingerprint density at radius 3 is 1.76 bits per heavy atom. The zero-order chi connectivity index (χ0) is 43.0. The van der Waals surface area contributed by atoms with Gasteiger partial charge in [-0.2, -0.15) is 15.4 Å². The van der Waals surface area contributed by atoms with Gasteiger partial charge in [0.2, 0.25) is 17.4 Å². The van der Waals surface area contributed by atoms with Gasteiger partial charge in [-0.1, -0.05) is 69.6 Å². The van der Waals surface area contributed by atoms with E-state index in [9.17, 15) is 29.4 Å². The summed E-state index contributed by atoms with van der Waals surface area (Å²) in [5.41, 5.74) is 0.668. The van der Waals surface area contributed by atoms with Crippen molar-refractivity contribution >= 4 is 133 Å². The zero-order valence-corrected chi connectivity index (χ0v) is 40.7. The van der Waals surface area contributed by atoms with Gasteiger partial charge in [-0.05, 0) is 86.8 Å². The molecule has 15 nitrogen and oxygen atoms in total. The number of nitriles is 1. The number of hydrazone groups is 1. The molecule has 3 aromatic rings. The molecule has 4 heterocycles. The van der Waals surface area contributed by atoms with Crippen LogP contribution < -0.4 is 26.7 Å². The monoisotopic (exact) mass is 1040 g/mol. The van der Waals surface area contributed by atoms with Crippen LogP contribution in [0.2, 0.25) is 30.7 Å². The second-order valence-electron chi connectivity index (χ2n) is 15.1. The average Bonchev–Trinajstić information content (AvgIpc) is 3.13. The summed E-state index contributed by atoms with van der Waals surface area (Å²) in [6, 6.07) is 7.76. The minimum atomic E-state index is -0.783. The first-order chi connectivity index (χ1) is 27.7. The molecule has 3 fully saturated rings. The van der Waals surface area contributed by atoms with E-state index < -0.39 is 35.0 Å². The molecule has 5 aliphatic rings. The topological polar surface area (TPSA) is 221 Å². The van der Waals surface area contributed by atoms with Crippen LogP contribution in [0.4, 0.5) is 5.69 Å². The second kappa shape index (κ2) is 21.9. The molecular weight excluding hydrogens is 1010 g/mol.